The Morgan fingerprint density at radius 1 is 1.14 bits per heavy atom. The second-order valence-corrected chi connectivity index (χ2v) is 5.69. The number of halogens is 2. The van der Waals surface area contributed by atoms with E-state index < -0.39 is 0 Å². The highest BCUT2D eigenvalue weighted by atomic mass is 35.5. The lowest BCUT2D eigenvalue weighted by molar-refractivity contribution is 0.304. The first kappa shape index (κ1) is 15.8. The summed E-state index contributed by atoms with van der Waals surface area (Å²) in [6.45, 7) is 5.08. The second-order valence-electron chi connectivity index (χ2n) is 5.25. The third-order valence-electron chi connectivity index (χ3n) is 2.94. The van der Waals surface area contributed by atoms with Gasteiger partial charge in [0.1, 0.15) is 18.2 Å². The van der Waals surface area contributed by atoms with Crippen LogP contribution >= 0.6 is 11.6 Å². The molecule has 1 N–H and O–H groups in total. The number of hydrogen-bond acceptors (Lipinski definition) is 2. The third kappa shape index (κ3) is 5.37. The molecule has 0 amide bonds. The summed E-state index contributed by atoms with van der Waals surface area (Å²) < 4.78 is 19.3. The maximum Gasteiger partial charge on any atom is 0.127 e. The zero-order chi connectivity index (χ0) is 15.2. The molecule has 0 bridgehead atoms. The number of hydrogen-bond donors (Lipinski definition) is 1. The number of ether oxygens (including phenoxy) is 1. The first-order valence-electron chi connectivity index (χ1n) is 6.93. The van der Waals surface area contributed by atoms with Crippen molar-refractivity contribution < 1.29 is 9.13 Å². The van der Waals surface area contributed by atoms with Gasteiger partial charge in [-0.05, 0) is 35.4 Å². The standard InChI is InChI=1S/C17H19ClFNO/c1-12(2)20-10-14-7-16(19)9-17(8-14)21-11-13-4-3-5-15(18)6-13/h3-9,12,20H,10-11H2,1-2H3. The lowest BCUT2D eigenvalue weighted by Crippen LogP contribution is -2.21. The second kappa shape index (κ2) is 7.43. The Bertz CT molecular complexity index is 601. The molecule has 0 unspecified atom stereocenters. The van der Waals surface area contributed by atoms with Crippen LogP contribution in [0.4, 0.5) is 4.39 Å². The molecule has 0 aliphatic rings. The van der Waals surface area contributed by atoms with Gasteiger partial charge < -0.3 is 10.1 Å². The monoisotopic (exact) mass is 307 g/mol. The van der Waals surface area contributed by atoms with Gasteiger partial charge in [-0.25, -0.2) is 4.39 Å². The van der Waals surface area contributed by atoms with E-state index in [1.807, 2.05) is 30.3 Å². The minimum Gasteiger partial charge on any atom is -0.489 e. The Kier molecular flexibility index (Phi) is 5.59. The van der Waals surface area contributed by atoms with Crippen LogP contribution in [0.2, 0.25) is 5.02 Å². The van der Waals surface area contributed by atoms with Crippen LogP contribution in [0.15, 0.2) is 42.5 Å². The van der Waals surface area contributed by atoms with Gasteiger partial charge in [-0.2, -0.15) is 0 Å². The van der Waals surface area contributed by atoms with Crippen LogP contribution in [0.3, 0.4) is 0 Å². The Hall–Kier alpha value is -1.58. The lowest BCUT2D eigenvalue weighted by Gasteiger charge is -2.11. The molecule has 0 aliphatic heterocycles. The average molecular weight is 308 g/mol. The molecule has 4 heteroatoms. The summed E-state index contributed by atoms with van der Waals surface area (Å²) in [5.41, 5.74) is 1.82. The van der Waals surface area contributed by atoms with Gasteiger partial charge in [-0.3, -0.25) is 0 Å². The molecular formula is C17H19ClFNO. The third-order valence-corrected chi connectivity index (χ3v) is 3.18. The molecule has 21 heavy (non-hydrogen) atoms. The van der Waals surface area contributed by atoms with E-state index in [0.717, 1.165) is 11.1 Å². The topological polar surface area (TPSA) is 21.3 Å². The minimum absolute atomic E-state index is 0.292. The van der Waals surface area contributed by atoms with Crippen LogP contribution < -0.4 is 10.1 Å². The van der Waals surface area contributed by atoms with Gasteiger partial charge in [0.05, 0.1) is 0 Å². The number of nitrogens with one attached hydrogen (secondary N) is 1. The molecule has 2 aromatic carbocycles. The highest BCUT2D eigenvalue weighted by Gasteiger charge is 2.04. The van der Waals surface area contributed by atoms with E-state index in [9.17, 15) is 4.39 Å². The van der Waals surface area contributed by atoms with E-state index in [1.54, 1.807) is 0 Å². The summed E-state index contributed by atoms with van der Waals surface area (Å²) in [5, 5.41) is 3.92. The lowest BCUT2D eigenvalue weighted by atomic mass is 10.2. The fourth-order valence-electron chi connectivity index (χ4n) is 1.92. The summed E-state index contributed by atoms with van der Waals surface area (Å²) in [7, 11) is 0. The van der Waals surface area contributed by atoms with Gasteiger partial charge in [0.2, 0.25) is 0 Å². The van der Waals surface area contributed by atoms with Crippen LogP contribution in [-0.4, -0.2) is 6.04 Å². The maximum absolute atomic E-state index is 13.6. The van der Waals surface area contributed by atoms with Crippen molar-refractivity contribution in [2.75, 3.05) is 0 Å². The largest absolute Gasteiger partial charge is 0.489 e. The molecule has 0 aromatic heterocycles. The van der Waals surface area contributed by atoms with Crippen molar-refractivity contribution in [1.82, 2.24) is 5.32 Å². The summed E-state index contributed by atoms with van der Waals surface area (Å²) in [6.07, 6.45) is 0. The maximum atomic E-state index is 13.6. The predicted molar refractivity (Wildman–Crippen MR) is 84.2 cm³/mol. The molecule has 0 saturated heterocycles. The van der Waals surface area contributed by atoms with Crippen LogP contribution in [0.25, 0.3) is 0 Å². The molecule has 2 aromatic rings. The zero-order valence-corrected chi connectivity index (χ0v) is 13.0. The van der Waals surface area contributed by atoms with E-state index in [1.165, 1.54) is 12.1 Å². The van der Waals surface area contributed by atoms with Crippen molar-refractivity contribution in [3.63, 3.8) is 0 Å². The van der Waals surface area contributed by atoms with E-state index >= 15 is 0 Å². The Morgan fingerprint density at radius 2 is 1.95 bits per heavy atom. The highest BCUT2D eigenvalue weighted by Crippen LogP contribution is 2.19. The molecule has 112 valence electrons. The summed E-state index contributed by atoms with van der Waals surface area (Å²) >= 11 is 5.92. The van der Waals surface area contributed by atoms with Crippen LogP contribution in [0.1, 0.15) is 25.0 Å². The van der Waals surface area contributed by atoms with E-state index in [0.29, 0.717) is 30.0 Å². The van der Waals surface area contributed by atoms with Crippen molar-refractivity contribution >= 4 is 11.6 Å². The fourth-order valence-corrected chi connectivity index (χ4v) is 2.13. The van der Waals surface area contributed by atoms with Gasteiger partial charge >= 0.3 is 0 Å². The van der Waals surface area contributed by atoms with Crippen molar-refractivity contribution in [1.29, 1.82) is 0 Å². The Morgan fingerprint density at radius 3 is 2.67 bits per heavy atom. The van der Waals surface area contributed by atoms with Gasteiger partial charge in [-0.15, -0.1) is 0 Å². The zero-order valence-electron chi connectivity index (χ0n) is 12.2. The average Bonchev–Trinajstić information content (AvgIpc) is 2.43. The number of benzene rings is 2. The fraction of sp³-hybridized carbons (Fsp3) is 0.294. The van der Waals surface area contributed by atoms with Crippen LogP contribution in [0.5, 0.6) is 5.75 Å². The van der Waals surface area contributed by atoms with Crippen LogP contribution in [-0.2, 0) is 13.2 Å². The predicted octanol–water partition coefficient (Wildman–Crippen LogP) is 4.56. The SMILES string of the molecule is CC(C)NCc1cc(F)cc(OCc2cccc(Cl)c2)c1. The number of rotatable bonds is 6. The normalized spacial score (nSPS) is 10.9. The molecule has 0 saturated carbocycles. The van der Waals surface area contributed by atoms with Gasteiger partial charge in [0.25, 0.3) is 0 Å². The van der Waals surface area contributed by atoms with Crippen molar-refractivity contribution in [3.8, 4) is 5.75 Å². The summed E-state index contributed by atoms with van der Waals surface area (Å²) in [5.74, 6) is 0.231. The van der Waals surface area contributed by atoms with Crippen LogP contribution in [0, 0.1) is 5.82 Å². The van der Waals surface area contributed by atoms with Gasteiger partial charge in [0.15, 0.2) is 0 Å². The van der Waals surface area contributed by atoms with E-state index in [-0.39, 0.29) is 5.82 Å². The summed E-state index contributed by atoms with van der Waals surface area (Å²) in [4.78, 5) is 0. The van der Waals surface area contributed by atoms with Gasteiger partial charge in [0, 0.05) is 23.7 Å². The Balaban J connectivity index is 2.02. The first-order chi connectivity index (χ1) is 10.0. The van der Waals surface area contributed by atoms with Crippen molar-refractivity contribution in [3.05, 3.63) is 64.4 Å². The highest BCUT2D eigenvalue weighted by molar-refractivity contribution is 6.30. The quantitative estimate of drug-likeness (QED) is 0.845. The summed E-state index contributed by atoms with van der Waals surface area (Å²) in [6, 6.07) is 12.5. The molecule has 0 fully saturated rings. The van der Waals surface area contributed by atoms with Gasteiger partial charge in [-0.1, -0.05) is 37.6 Å². The molecule has 0 radical (unpaired) electrons. The Labute approximate surface area is 129 Å². The van der Waals surface area contributed by atoms with Crippen molar-refractivity contribution in [2.24, 2.45) is 0 Å². The molecule has 2 nitrogen and oxygen atoms in total. The van der Waals surface area contributed by atoms with E-state index in [4.69, 9.17) is 16.3 Å². The molecule has 2 rings (SSSR count). The molecule has 0 aliphatic carbocycles. The molecule has 0 spiro atoms. The van der Waals surface area contributed by atoms with Crippen molar-refractivity contribution in [2.45, 2.75) is 33.0 Å². The van der Waals surface area contributed by atoms with E-state index in [2.05, 4.69) is 19.2 Å². The molecule has 0 heterocycles. The first-order valence-corrected chi connectivity index (χ1v) is 7.31. The smallest absolute Gasteiger partial charge is 0.127 e. The minimum atomic E-state index is -0.292. The molecular weight excluding hydrogens is 289 g/mol. The molecule has 0 atom stereocenters.